The van der Waals surface area contributed by atoms with Crippen LogP contribution in [0.15, 0.2) is 0 Å². The number of hydrogen-bond acceptors (Lipinski definition) is 2. The number of nitrogens with one attached hydrogen (secondary N) is 1. The molecule has 1 aliphatic carbocycles. The van der Waals surface area contributed by atoms with Crippen molar-refractivity contribution < 1.29 is 14.7 Å². The molecule has 1 heterocycles. The molecule has 0 bridgehead atoms. The van der Waals surface area contributed by atoms with Gasteiger partial charge in [0.1, 0.15) is 0 Å². The van der Waals surface area contributed by atoms with E-state index < -0.39 is 5.97 Å². The third-order valence-corrected chi connectivity index (χ3v) is 4.94. The lowest BCUT2D eigenvalue weighted by molar-refractivity contribution is -0.143. The molecule has 5 heteroatoms. The van der Waals surface area contributed by atoms with E-state index in [-0.39, 0.29) is 11.9 Å². The first-order chi connectivity index (χ1) is 9.58. The van der Waals surface area contributed by atoms with E-state index in [0.717, 1.165) is 6.54 Å². The van der Waals surface area contributed by atoms with Crippen LogP contribution in [0.2, 0.25) is 0 Å². The van der Waals surface area contributed by atoms with Crippen molar-refractivity contribution in [1.29, 1.82) is 0 Å². The summed E-state index contributed by atoms with van der Waals surface area (Å²) >= 11 is 0. The van der Waals surface area contributed by atoms with Gasteiger partial charge in [-0.15, -0.1) is 0 Å². The molecular weight excluding hydrogens is 256 g/mol. The summed E-state index contributed by atoms with van der Waals surface area (Å²) < 4.78 is 0. The Labute approximate surface area is 120 Å². The highest BCUT2D eigenvalue weighted by Crippen LogP contribution is 2.29. The molecule has 0 aromatic rings. The molecule has 2 aliphatic rings. The van der Waals surface area contributed by atoms with Gasteiger partial charge in [-0.05, 0) is 31.1 Å². The van der Waals surface area contributed by atoms with E-state index in [1.807, 2.05) is 0 Å². The quantitative estimate of drug-likeness (QED) is 0.834. The van der Waals surface area contributed by atoms with E-state index >= 15 is 0 Å². The number of amides is 2. The summed E-state index contributed by atoms with van der Waals surface area (Å²) in [6.45, 7) is 4.15. The van der Waals surface area contributed by atoms with Crippen LogP contribution in [-0.4, -0.2) is 41.6 Å². The number of carboxylic acids is 1. The molecule has 5 nitrogen and oxygen atoms in total. The van der Waals surface area contributed by atoms with E-state index in [4.69, 9.17) is 5.11 Å². The van der Waals surface area contributed by atoms with Crippen LogP contribution < -0.4 is 5.32 Å². The van der Waals surface area contributed by atoms with Gasteiger partial charge in [0.2, 0.25) is 0 Å². The van der Waals surface area contributed by atoms with Crippen LogP contribution >= 0.6 is 0 Å². The minimum Gasteiger partial charge on any atom is -0.481 e. The molecule has 0 radical (unpaired) electrons. The molecule has 20 heavy (non-hydrogen) atoms. The number of urea groups is 1. The summed E-state index contributed by atoms with van der Waals surface area (Å²) in [5.74, 6) is 0.282. The highest BCUT2D eigenvalue weighted by Gasteiger charge is 2.28. The molecular formula is C15H26N2O3. The number of piperidine rings is 1. The largest absolute Gasteiger partial charge is 0.481 e. The zero-order valence-electron chi connectivity index (χ0n) is 12.3. The van der Waals surface area contributed by atoms with Gasteiger partial charge >= 0.3 is 12.0 Å². The number of nitrogens with zero attached hydrogens (tertiary/aromatic N) is 1. The lowest BCUT2D eigenvalue weighted by atomic mass is 9.80. The first-order valence-corrected chi connectivity index (χ1v) is 7.83. The van der Waals surface area contributed by atoms with E-state index in [1.165, 1.54) is 25.7 Å². The lowest BCUT2D eigenvalue weighted by Crippen LogP contribution is -2.47. The van der Waals surface area contributed by atoms with Gasteiger partial charge in [0.15, 0.2) is 0 Å². The van der Waals surface area contributed by atoms with Gasteiger partial charge < -0.3 is 15.3 Å². The molecule has 0 spiro atoms. The highest BCUT2D eigenvalue weighted by molar-refractivity contribution is 5.75. The van der Waals surface area contributed by atoms with Crippen molar-refractivity contribution in [2.45, 2.75) is 45.4 Å². The summed E-state index contributed by atoms with van der Waals surface area (Å²) in [4.78, 5) is 24.7. The summed E-state index contributed by atoms with van der Waals surface area (Å²) in [5.41, 5.74) is 0. The molecule has 2 atom stereocenters. The molecule has 1 saturated heterocycles. The van der Waals surface area contributed by atoms with Crippen molar-refractivity contribution in [2.75, 3.05) is 19.6 Å². The van der Waals surface area contributed by atoms with Gasteiger partial charge in [-0.1, -0.05) is 26.2 Å². The Bertz CT molecular complexity index is 351. The minimum atomic E-state index is -0.735. The van der Waals surface area contributed by atoms with Gasteiger partial charge in [0.25, 0.3) is 0 Å². The maximum atomic E-state index is 12.1. The van der Waals surface area contributed by atoms with E-state index in [9.17, 15) is 9.59 Å². The van der Waals surface area contributed by atoms with Crippen LogP contribution in [0, 0.1) is 17.8 Å². The molecule has 0 aromatic carbocycles. The second kappa shape index (κ2) is 6.95. The molecule has 2 unspecified atom stereocenters. The molecule has 1 aliphatic heterocycles. The molecule has 114 valence electrons. The van der Waals surface area contributed by atoms with Crippen molar-refractivity contribution >= 4 is 12.0 Å². The maximum Gasteiger partial charge on any atom is 0.317 e. The fourth-order valence-electron chi connectivity index (χ4n) is 3.36. The number of carbonyl (C=O) groups is 2. The Morgan fingerprint density at radius 2 is 1.80 bits per heavy atom. The predicted octanol–water partition coefficient (Wildman–Crippen LogP) is 2.32. The van der Waals surface area contributed by atoms with Crippen LogP contribution in [-0.2, 0) is 4.79 Å². The average molecular weight is 282 g/mol. The van der Waals surface area contributed by atoms with Crippen LogP contribution in [0.4, 0.5) is 4.79 Å². The predicted molar refractivity (Wildman–Crippen MR) is 76.5 cm³/mol. The third-order valence-electron chi connectivity index (χ3n) is 4.94. The molecule has 2 amide bonds. The standard InChI is InChI=1S/C15H26N2O3/c1-11-4-2-3-5-13(11)10-16-15(20)17-8-6-12(7-9-17)14(18)19/h11-13H,2-10H2,1H3,(H,16,20)(H,18,19). The smallest absolute Gasteiger partial charge is 0.317 e. The zero-order valence-corrected chi connectivity index (χ0v) is 12.3. The molecule has 0 aromatic heterocycles. The van der Waals surface area contributed by atoms with Crippen LogP contribution in [0.5, 0.6) is 0 Å². The zero-order chi connectivity index (χ0) is 14.5. The van der Waals surface area contributed by atoms with Crippen molar-refractivity contribution in [3.05, 3.63) is 0 Å². The normalized spacial score (nSPS) is 28.1. The minimum absolute atomic E-state index is 0.0217. The number of rotatable bonds is 3. The third kappa shape index (κ3) is 3.87. The second-order valence-electron chi connectivity index (χ2n) is 6.31. The van der Waals surface area contributed by atoms with Crippen LogP contribution in [0.1, 0.15) is 45.4 Å². The van der Waals surface area contributed by atoms with Gasteiger partial charge in [-0.2, -0.15) is 0 Å². The first-order valence-electron chi connectivity index (χ1n) is 7.83. The maximum absolute atomic E-state index is 12.1. The Morgan fingerprint density at radius 1 is 1.15 bits per heavy atom. The fourth-order valence-corrected chi connectivity index (χ4v) is 3.36. The SMILES string of the molecule is CC1CCCCC1CNC(=O)N1CCC(C(=O)O)CC1. The van der Waals surface area contributed by atoms with E-state index in [2.05, 4.69) is 12.2 Å². The molecule has 2 rings (SSSR count). The number of carbonyl (C=O) groups excluding carboxylic acids is 1. The summed E-state index contributed by atoms with van der Waals surface area (Å²) in [7, 11) is 0. The van der Waals surface area contributed by atoms with Crippen molar-refractivity contribution in [3.63, 3.8) is 0 Å². The topological polar surface area (TPSA) is 69.6 Å². The Kier molecular flexibility index (Phi) is 5.26. The van der Waals surface area contributed by atoms with Crippen LogP contribution in [0.3, 0.4) is 0 Å². The van der Waals surface area contributed by atoms with Gasteiger partial charge in [0, 0.05) is 19.6 Å². The number of carboxylic acid groups (broad SMARTS) is 1. The Hall–Kier alpha value is -1.26. The van der Waals surface area contributed by atoms with Crippen molar-refractivity contribution in [3.8, 4) is 0 Å². The van der Waals surface area contributed by atoms with Crippen LogP contribution in [0.25, 0.3) is 0 Å². The molecule has 2 N–H and O–H groups in total. The molecule has 2 fully saturated rings. The second-order valence-corrected chi connectivity index (χ2v) is 6.31. The summed E-state index contributed by atoms with van der Waals surface area (Å²) in [6, 6.07) is -0.0217. The summed E-state index contributed by atoms with van der Waals surface area (Å²) in [6.07, 6.45) is 6.21. The lowest BCUT2D eigenvalue weighted by Gasteiger charge is -2.32. The fraction of sp³-hybridized carbons (Fsp3) is 0.867. The van der Waals surface area contributed by atoms with E-state index in [1.54, 1.807) is 4.90 Å². The Morgan fingerprint density at radius 3 is 2.40 bits per heavy atom. The molecule has 1 saturated carbocycles. The van der Waals surface area contributed by atoms with Gasteiger partial charge in [0.05, 0.1) is 5.92 Å². The number of aliphatic carboxylic acids is 1. The monoisotopic (exact) mass is 282 g/mol. The average Bonchev–Trinajstić information content (AvgIpc) is 2.46. The Balaban J connectivity index is 1.71. The number of likely N-dealkylation sites (tertiary alicyclic amines) is 1. The van der Waals surface area contributed by atoms with E-state index in [0.29, 0.717) is 37.8 Å². The van der Waals surface area contributed by atoms with Crippen molar-refractivity contribution in [2.24, 2.45) is 17.8 Å². The summed E-state index contributed by atoms with van der Waals surface area (Å²) in [5, 5.41) is 12.0. The van der Waals surface area contributed by atoms with Crippen molar-refractivity contribution in [1.82, 2.24) is 10.2 Å². The highest BCUT2D eigenvalue weighted by atomic mass is 16.4. The van der Waals surface area contributed by atoms with Gasteiger partial charge in [-0.3, -0.25) is 4.79 Å². The van der Waals surface area contributed by atoms with Gasteiger partial charge in [-0.25, -0.2) is 4.79 Å². The number of hydrogen-bond donors (Lipinski definition) is 2. The first kappa shape index (κ1) is 15.1.